The maximum absolute atomic E-state index is 13.1. The Morgan fingerprint density at radius 1 is 1.08 bits per heavy atom. The van der Waals surface area contributed by atoms with Gasteiger partial charge in [-0.25, -0.2) is 4.39 Å². The number of methoxy groups -OCH3 is 2. The van der Waals surface area contributed by atoms with Crippen molar-refractivity contribution in [2.45, 2.75) is 19.3 Å². The van der Waals surface area contributed by atoms with Crippen molar-refractivity contribution in [2.24, 2.45) is 0 Å². The molecule has 128 valence electrons. The number of nitrogens with one attached hydrogen (secondary N) is 1. The summed E-state index contributed by atoms with van der Waals surface area (Å²) in [6.07, 6.45) is 0. The molecular formula is C18H19ClFNO3. The number of rotatable bonds is 5. The fraction of sp³-hybridized carbons (Fsp3) is 0.278. The summed E-state index contributed by atoms with van der Waals surface area (Å²) in [6, 6.07) is 9.01. The van der Waals surface area contributed by atoms with E-state index in [1.807, 2.05) is 0 Å². The first kappa shape index (κ1) is 18.1. The van der Waals surface area contributed by atoms with Gasteiger partial charge in [0.05, 0.1) is 30.3 Å². The molecule has 0 aromatic heterocycles. The number of anilines is 1. The standard InChI is InChI=1S/C18H19ClFNO3/c1-18(2,11-5-7-12(20)8-6-11)17(22)21-14-10-15(23-3)13(19)9-16(14)24-4/h5-10H,1-4H3,(H,21,22). The second-order valence-corrected chi connectivity index (χ2v) is 6.18. The lowest BCUT2D eigenvalue weighted by Gasteiger charge is -2.25. The first-order valence-corrected chi connectivity index (χ1v) is 7.66. The van der Waals surface area contributed by atoms with Gasteiger partial charge in [-0.05, 0) is 31.5 Å². The number of hydrogen-bond acceptors (Lipinski definition) is 3. The van der Waals surface area contributed by atoms with E-state index in [4.69, 9.17) is 21.1 Å². The van der Waals surface area contributed by atoms with Crippen molar-refractivity contribution in [1.29, 1.82) is 0 Å². The van der Waals surface area contributed by atoms with Crippen LogP contribution in [0.25, 0.3) is 0 Å². The summed E-state index contributed by atoms with van der Waals surface area (Å²) in [6.45, 7) is 3.52. The van der Waals surface area contributed by atoms with Gasteiger partial charge in [0.25, 0.3) is 0 Å². The monoisotopic (exact) mass is 351 g/mol. The van der Waals surface area contributed by atoms with Crippen LogP contribution in [0.2, 0.25) is 5.02 Å². The first-order valence-electron chi connectivity index (χ1n) is 7.28. The molecule has 4 nitrogen and oxygen atoms in total. The Morgan fingerprint density at radius 2 is 1.67 bits per heavy atom. The number of carbonyl (C=O) groups excluding carboxylic acids is 1. The molecule has 0 aliphatic carbocycles. The van der Waals surface area contributed by atoms with Gasteiger partial charge in [-0.1, -0.05) is 23.7 Å². The summed E-state index contributed by atoms with van der Waals surface area (Å²) in [5, 5.41) is 3.20. The third-order valence-corrected chi connectivity index (χ3v) is 4.15. The van der Waals surface area contributed by atoms with Gasteiger partial charge in [0.15, 0.2) is 0 Å². The minimum Gasteiger partial charge on any atom is -0.495 e. The van der Waals surface area contributed by atoms with Crippen molar-refractivity contribution < 1.29 is 18.7 Å². The Hall–Kier alpha value is -2.27. The number of hydrogen-bond donors (Lipinski definition) is 1. The smallest absolute Gasteiger partial charge is 0.234 e. The highest BCUT2D eigenvalue weighted by molar-refractivity contribution is 6.32. The highest BCUT2D eigenvalue weighted by Crippen LogP contribution is 2.37. The molecule has 2 aromatic rings. The average Bonchev–Trinajstić information content (AvgIpc) is 2.56. The predicted octanol–water partition coefficient (Wildman–Crippen LogP) is 4.41. The molecule has 0 saturated heterocycles. The Morgan fingerprint density at radius 3 is 2.21 bits per heavy atom. The molecule has 0 radical (unpaired) electrons. The first-order chi connectivity index (χ1) is 11.3. The van der Waals surface area contributed by atoms with Gasteiger partial charge in [-0.2, -0.15) is 0 Å². The number of ether oxygens (including phenoxy) is 2. The van der Waals surface area contributed by atoms with E-state index in [1.165, 1.54) is 26.4 Å². The molecule has 0 aliphatic rings. The van der Waals surface area contributed by atoms with Gasteiger partial charge in [0.2, 0.25) is 5.91 Å². The molecule has 1 amide bonds. The maximum atomic E-state index is 13.1. The second kappa shape index (κ2) is 7.09. The van der Waals surface area contributed by atoms with Gasteiger partial charge >= 0.3 is 0 Å². The van der Waals surface area contributed by atoms with Crippen molar-refractivity contribution in [2.75, 3.05) is 19.5 Å². The van der Waals surface area contributed by atoms with Gasteiger partial charge in [-0.15, -0.1) is 0 Å². The highest BCUT2D eigenvalue weighted by atomic mass is 35.5. The van der Waals surface area contributed by atoms with E-state index in [-0.39, 0.29) is 11.7 Å². The van der Waals surface area contributed by atoms with Crippen molar-refractivity contribution in [3.63, 3.8) is 0 Å². The molecule has 0 saturated carbocycles. The zero-order valence-corrected chi connectivity index (χ0v) is 14.7. The number of amides is 1. The zero-order chi connectivity index (χ0) is 17.9. The second-order valence-electron chi connectivity index (χ2n) is 5.77. The molecule has 0 heterocycles. The Kier molecular flexibility index (Phi) is 5.34. The van der Waals surface area contributed by atoms with Crippen molar-refractivity contribution in [3.8, 4) is 11.5 Å². The van der Waals surface area contributed by atoms with Crippen molar-refractivity contribution >= 4 is 23.2 Å². The van der Waals surface area contributed by atoms with Crippen molar-refractivity contribution in [1.82, 2.24) is 0 Å². The molecule has 1 N–H and O–H groups in total. The lowest BCUT2D eigenvalue weighted by molar-refractivity contribution is -0.120. The molecule has 0 fully saturated rings. The number of benzene rings is 2. The van der Waals surface area contributed by atoms with Gasteiger partial charge < -0.3 is 14.8 Å². The molecular weight excluding hydrogens is 333 g/mol. The van der Waals surface area contributed by atoms with E-state index in [0.29, 0.717) is 27.8 Å². The normalized spacial score (nSPS) is 11.1. The van der Waals surface area contributed by atoms with E-state index in [0.717, 1.165) is 0 Å². The maximum Gasteiger partial charge on any atom is 0.234 e. The molecule has 0 unspecified atom stereocenters. The SMILES string of the molecule is COc1cc(NC(=O)C(C)(C)c2ccc(F)cc2)c(OC)cc1Cl. The molecule has 0 spiro atoms. The van der Waals surface area contributed by atoms with Crippen LogP contribution in [0.4, 0.5) is 10.1 Å². The molecule has 6 heteroatoms. The molecule has 0 aliphatic heterocycles. The van der Waals surface area contributed by atoms with Crippen LogP contribution in [0, 0.1) is 5.82 Å². The van der Waals surface area contributed by atoms with Crippen molar-refractivity contribution in [3.05, 3.63) is 52.8 Å². The summed E-state index contributed by atoms with van der Waals surface area (Å²) in [5.74, 6) is 0.229. The summed E-state index contributed by atoms with van der Waals surface area (Å²) in [7, 11) is 2.97. The summed E-state index contributed by atoms with van der Waals surface area (Å²) >= 11 is 6.06. The third-order valence-electron chi connectivity index (χ3n) is 3.86. The highest BCUT2D eigenvalue weighted by Gasteiger charge is 2.30. The largest absolute Gasteiger partial charge is 0.495 e. The van der Waals surface area contributed by atoms with Crippen LogP contribution in [0.5, 0.6) is 11.5 Å². The van der Waals surface area contributed by atoms with E-state index < -0.39 is 5.41 Å². The average molecular weight is 352 g/mol. The Labute approximate surface area is 145 Å². The Bertz CT molecular complexity index is 745. The van der Waals surface area contributed by atoms with Gasteiger partial charge in [0, 0.05) is 12.1 Å². The molecule has 2 aromatic carbocycles. The summed E-state index contributed by atoms with van der Waals surface area (Å²) < 4.78 is 23.5. The molecule has 2 rings (SSSR count). The van der Waals surface area contributed by atoms with E-state index >= 15 is 0 Å². The summed E-state index contributed by atoms with van der Waals surface area (Å²) in [4.78, 5) is 12.7. The lowest BCUT2D eigenvalue weighted by Crippen LogP contribution is -2.34. The number of carbonyl (C=O) groups is 1. The molecule has 0 atom stereocenters. The van der Waals surface area contributed by atoms with Gasteiger partial charge in [0.1, 0.15) is 17.3 Å². The minimum atomic E-state index is -0.869. The van der Waals surface area contributed by atoms with Crippen LogP contribution in [0.15, 0.2) is 36.4 Å². The van der Waals surface area contributed by atoms with E-state index in [2.05, 4.69) is 5.32 Å². The van der Waals surface area contributed by atoms with E-state index in [1.54, 1.807) is 38.1 Å². The van der Waals surface area contributed by atoms with Crippen LogP contribution in [-0.2, 0) is 10.2 Å². The van der Waals surface area contributed by atoms with Crippen LogP contribution >= 0.6 is 11.6 Å². The van der Waals surface area contributed by atoms with Gasteiger partial charge in [-0.3, -0.25) is 4.79 Å². The predicted molar refractivity (Wildman–Crippen MR) is 92.6 cm³/mol. The topological polar surface area (TPSA) is 47.6 Å². The fourth-order valence-corrected chi connectivity index (χ4v) is 2.47. The quantitative estimate of drug-likeness (QED) is 0.867. The van der Waals surface area contributed by atoms with Crippen LogP contribution in [-0.4, -0.2) is 20.1 Å². The lowest BCUT2D eigenvalue weighted by atomic mass is 9.83. The summed E-state index contributed by atoms with van der Waals surface area (Å²) in [5.41, 5.74) is 0.270. The molecule has 0 bridgehead atoms. The van der Waals surface area contributed by atoms with Crippen LogP contribution in [0.3, 0.4) is 0 Å². The third kappa shape index (κ3) is 3.62. The fourth-order valence-electron chi connectivity index (χ4n) is 2.23. The number of halogens is 2. The minimum absolute atomic E-state index is 0.267. The van der Waals surface area contributed by atoms with Crippen LogP contribution < -0.4 is 14.8 Å². The zero-order valence-electron chi connectivity index (χ0n) is 13.9. The van der Waals surface area contributed by atoms with E-state index in [9.17, 15) is 9.18 Å². The van der Waals surface area contributed by atoms with Crippen LogP contribution in [0.1, 0.15) is 19.4 Å². The Balaban J connectivity index is 2.33. The molecule has 24 heavy (non-hydrogen) atoms.